The molecule has 0 amide bonds. The van der Waals surface area contributed by atoms with Gasteiger partial charge in [0, 0.05) is 17.8 Å². The Morgan fingerprint density at radius 3 is 2.65 bits per heavy atom. The normalized spacial score (nSPS) is 13.5. The molecule has 0 aliphatic rings. The average Bonchev–Trinajstić information content (AvgIpc) is 2.28. The lowest BCUT2D eigenvalue weighted by atomic mass is 9.82. The third-order valence-electron chi connectivity index (χ3n) is 2.77. The maximum Gasteiger partial charge on any atom is 0.217 e. The van der Waals surface area contributed by atoms with Gasteiger partial charge < -0.3 is 10.1 Å². The summed E-state index contributed by atoms with van der Waals surface area (Å²) in [5.74, 6) is 0.719. The summed E-state index contributed by atoms with van der Waals surface area (Å²) in [7, 11) is 1.67. The van der Waals surface area contributed by atoms with Crippen LogP contribution in [0.1, 0.15) is 45.7 Å². The molecule has 1 N–H and O–H groups in total. The van der Waals surface area contributed by atoms with Crippen molar-refractivity contribution < 1.29 is 4.74 Å². The Morgan fingerprint density at radius 2 is 2.12 bits per heavy atom. The van der Waals surface area contributed by atoms with Crippen molar-refractivity contribution in [3.05, 3.63) is 23.9 Å². The Kier molecular flexibility index (Phi) is 4.94. The number of aromatic nitrogens is 1. The summed E-state index contributed by atoms with van der Waals surface area (Å²) in [6, 6.07) is 4.31. The summed E-state index contributed by atoms with van der Waals surface area (Å²) >= 11 is 0. The Hall–Kier alpha value is -1.09. The lowest BCUT2D eigenvalue weighted by Crippen LogP contribution is -2.33. The van der Waals surface area contributed by atoms with E-state index < -0.39 is 0 Å². The van der Waals surface area contributed by atoms with Gasteiger partial charge in [0.25, 0.3) is 0 Å². The minimum atomic E-state index is 0.130. The highest BCUT2D eigenvalue weighted by Crippen LogP contribution is 2.36. The molecule has 0 fully saturated rings. The van der Waals surface area contributed by atoms with E-state index in [0.29, 0.717) is 0 Å². The van der Waals surface area contributed by atoms with Gasteiger partial charge in [0.15, 0.2) is 0 Å². The lowest BCUT2D eigenvalue weighted by molar-refractivity contribution is 0.263. The van der Waals surface area contributed by atoms with Crippen LogP contribution in [-0.2, 0) is 0 Å². The molecule has 1 heterocycles. The fourth-order valence-corrected chi connectivity index (χ4v) is 1.96. The van der Waals surface area contributed by atoms with Gasteiger partial charge in [0.05, 0.1) is 7.11 Å². The van der Waals surface area contributed by atoms with Gasteiger partial charge in [0.2, 0.25) is 5.88 Å². The van der Waals surface area contributed by atoms with Crippen LogP contribution in [0.2, 0.25) is 0 Å². The summed E-state index contributed by atoms with van der Waals surface area (Å²) in [6.45, 7) is 9.86. The predicted molar refractivity (Wildman–Crippen MR) is 71.3 cm³/mol. The fourth-order valence-electron chi connectivity index (χ4n) is 1.96. The van der Waals surface area contributed by atoms with Crippen LogP contribution in [-0.4, -0.2) is 18.6 Å². The Labute approximate surface area is 105 Å². The van der Waals surface area contributed by atoms with Crippen molar-refractivity contribution in [2.75, 3.05) is 13.7 Å². The number of hydrogen-bond acceptors (Lipinski definition) is 3. The molecular weight excluding hydrogens is 212 g/mol. The molecule has 96 valence electrons. The number of methoxy groups -OCH3 is 1. The molecule has 0 saturated heterocycles. The lowest BCUT2D eigenvalue weighted by Gasteiger charge is -2.32. The number of ether oxygens (including phenoxy) is 1. The van der Waals surface area contributed by atoms with Gasteiger partial charge in [-0.15, -0.1) is 0 Å². The van der Waals surface area contributed by atoms with Gasteiger partial charge in [-0.1, -0.05) is 33.8 Å². The zero-order valence-corrected chi connectivity index (χ0v) is 11.6. The van der Waals surface area contributed by atoms with Crippen molar-refractivity contribution in [1.82, 2.24) is 10.3 Å². The summed E-state index contributed by atoms with van der Waals surface area (Å²) in [6.07, 6.45) is 2.89. The first-order valence-electron chi connectivity index (χ1n) is 6.23. The molecule has 3 heteroatoms. The molecule has 0 aliphatic heterocycles. The number of nitrogens with one attached hydrogen (secondary N) is 1. The zero-order chi connectivity index (χ0) is 12.9. The predicted octanol–water partition coefficient (Wildman–Crippen LogP) is 3.18. The highest BCUT2D eigenvalue weighted by atomic mass is 16.5. The third kappa shape index (κ3) is 3.70. The third-order valence-corrected chi connectivity index (χ3v) is 2.77. The molecular formula is C14H24N2O. The van der Waals surface area contributed by atoms with Crippen molar-refractivity contribution in [3.63, 3.8) is 0 Å². The van der Waals surface area contributed by atoms with Crippen LogP contribution in [0.15, 0.2) is 18.3 Å². The highest BCUT2D eigenvalue weighted by molar-refractivity contribution is 5.30. The van der Waals surface area contributed by atoms with E-state index in [0.717, 1.165) is 24.4 Å². The van der Waals surface area contributed by atoms with Crippen LogP contribution in [0.25, 0.3) is 0 Å². The summed E-state index contributed by atoms with van der Waals surface area (Å²) in [5, 5.41) is 3.58. The maximum absolute atomic E-state index is 5.35. The summed E-state index contributed by atoms with van der Waals surface area (Å²) in [5.41, 5.74) is 1.27. The zero-order valence-electron chi connectivity index (χ0n) is 11.6. The second-order valence-corrected chi connectivity index (χ2v) is 5.36. The molecule has 1 unspecified atom stereocenters. The molecule has 17 heavy (non-hydrogen) atoms. The first-order chi connectivity index (χ1) is 8.00. The molecule has 0 aliphatic carbocycles. The molecule has 1 atom stereocenters. The van der Waals surface area contributed by atoms with E-state index in [4.69, 9.17) is 4.74 Å². The van der Waals surface area contributed by atoms with E-state index in [2.05, 4.69) is 44.1 Å². The van der Waals surface area contributed by atoms with E-state index in [-0.39, 0.29) is 11.5 Å². The molecule has 1 rings (SSSR count). The van der Waals surface area contributed by atoms with Crippen LogP contribution in [0.5, 0.6) is 5.88 Å². The first-order valence-corrected chi connectivity index (χ1v) is 6.23. The standard InChI is InChI=1S/C14H24N2O/c1-6-9-15-12(14(2,3)4)11-8-7-10-16-13(11)17-5/h7-8,10,12,15H,6,9H2,1-5H3. The van der Waals surface area contributed by atoms with Crippen molar-refractivity contribution in [2.24, 2.45) is 5.41 Å². The van der Waals surface area contributed by atoms with Gasteiger partial charge in [-0.25, -0.2) is 4.98 Å². The first kappa shape index (κ1) is 14.0. The van der Waals surface area contributed by atoms with Gasteiger partial charge >= 0.3 is 0 Å². The molecule has 1 aromatic heterocycles. The Balaban J connectivity index is 3.03. The van der Waals surface area contributed by atoms with Crippen LogP contribution in [0.4, 0.5) is 0 Å². The summed E-state index contributed by atoms with van der Waals surface area (Å²) < 4.78 is 5.35. The van der Waals surface area contributed by atoms with Gasteiger partial charge in [-0.3, -0.25) is 0 Å². The topological polar surface area (TPSA) is 34.2 Å². The average molecular weight is 236 g/mol. The van der Waals surface area contributed by atoms with E-state index in [1.807, 2.05) is 6.07 Å². The molecule has 3 nitrogen and oxygen atoms in total. The van der Waals surface area contributed by atoms with E-state index >= 15 is 0 Å². The SMILES string of the molecule is CCCNC(c1cccnc1OC)C(C)(C)C. The van der Waals surface area contributed by atoms with Crippen molar-refractivity contribution in [3.8, 4) is 5.88 Å². The number of hydrogen-bond donors (Lipinski definition) is 1. The van der Waals surface area contributed by atoms with E-state index in [9.17, 15) is 0 Å². The molecule has 0 saturated carbocycles. The summed E-state index contributed by atoms with van der Waals surface area (Å²) in [4.78, 5) is 4.28. The van der Waals surface area contributed by atoms with Crippen molar-refractivity contribution >= 4 is 0 Å². The minimum absolute atomic E-state index is 0.130. The number of pyridine rings is 1. The van der Waals surface area contributed by atoms with Crippen molar-refractivity contribution in [1.29, 1.82) is 0 Å². The molecule has 0 radical (unpaired) electrons. The molecule has 0 aromatic carbocycles. The van der Waals surface area contributed by atoms with Crippen LogP contribution in [0.3, 0.4) is 0 Å². The molecule has 1 aromatic rings. The van der Waals surface area contributed by atoms with Crippen LogP contribution < -0.4 is 10.1 Å². The number of nitrogens with zero attached hydrogens (tertiary/aromatic N) is 1. The van der Waals surface area contributed by atoms with E-state index in [1.165, 1.54) is 0 Å². The number of rotatable bonds is 5. The quantitative estimate of drug-likeness (QED) is 0.852. The molecule has 0 bridgehead atoms. The monoisotopic (exact) mass is 236 g/mol. The Morgan fingerprint density at radius 1 is 1.41 bits per heavy atom. The smallest absolute Gasteiger partial charge is 0.217 e. The van der Waals surface area contributed by atoms with Gasteiger partial charge in [0.1, 0.15) is 0 Å². The molecule has 0 spiro atoms. The largest absolute Gasteiger partial charge is 0.481 e. The van der Waals surface area contributed by atoms with Crippen LogP contribution >= 0.6 is 0 Å². The second-order valence-electron chi connectivity index (χ2n) is 5.36. The van der Waals surface area contributed by atoms with Crippen molar-refractivity contribution in [2.45, 2.75) is 40.2 Å². The van der Waals surface area contributed by atoms with E-state index in [1.54, 1.807) is 13.3 Å². The second kappa shape index (κ2) is 6.01. The fraction of sp³-hybridized carbons (Fsp3) is 0.643. The van der Waals surface area contributed by atoms with Gasteiger partial charge in [-0.2, -0.15) is 0 Å². The minimum Gasteiger partial charge on any atom is -0.481 e. The Bertz CT molecular complexity index is 344. The van der Waals surface area contributed by atoms with Crippen LogP contribution in [0, 0.1) is 5.41 Å². The highest BCUT2D eigenvalue weighted by Gasteiger charge is 2.28. The van der Waals surface area contributed by atoms with Gasteiger partial charge in [-0.05, 0) is 24.4 Å². The maximum atomic E-state index is 5.35.